The summed E-state index contributed by atoms with van der Waals surface area (Å²) in [5.41, 5.74) is 0.111. The molecule has 0 aliphatic carbocycles. The van der Waals surface area contributed by atoms with Gasteiger partial charge in [0.15, 0.2) is 5.69 Å². The zero-order valence-electron chi connectivity index (χ0n) is 12.1. The van der Waals surface area contributed by atoms with Crippen molar-refractivity contribution < 1.29 is 14.3 Å². The Morgan fingerprint density at radius 3 is 2.60 bits per heavy atom. The molecule has 1 amide bonds. The molecule has 1 saturated heterocycles. The van der Waals surface area contributed by atoms with Crippen LogP contribution in [0.4, 0.5) is 0 Å². The smallest absolute Gasteiger partial charge is 0.360 e. The van der Waals surface area contributed by atoms with Gasteiger partial charge in [-0.1, -0.05) is 5.21 Å². The molecular formula is C13H20N4O3. The van der Waals surface area contributed by atoms with Crippen molar-refractivity contribution in [3.05, 3.63) is 11.9 Å². The molecule has 1 aliphatic rings. The highest BCUT2D eigenvalue weighted by Crippen LogP contribution is 2.22. The van der Waals surface area contributed by atoms with Gasteiger partial charge in [0.25, 0.3) is 0 Å². The Bertz CT molecular complexity index is 490. The second-order valence-electron chi connectivity index (χ2n) is 5.22. The van der Waals surface area contributed by atoms with E-state index in [2.05, 4.69) is 28.9 Å². The van der Waals surface area contributed by atoms with Gasteiger partial charge in [0, 0.05) is 12.1 Å². The predicted octanol–water partition coefficient (Wildman–Crippen LogP) is 0.854. The summed E-state index contributed by atoms with van der Waals surface area (Å²) >= 11 is 0. The minimum atomic E-state index is -0.552. The van der Waals surface area contributed by atoms with E-state index in [1.165, 1.54) is 18.0 Å². The largest absolute Gasteiger partial charge is 0.464 e. The van der Waals surface area contributed by atoms with Gasteiger partial charge in [-0.3, -0.25) is 4.79 Å². The molecule has 7 nitrogen and oxygen atoms in total. The van der Waals surface area contributed by atoms with Gasteiger partial charge in [-0.25, -0.2) is 9.48 Å². The Morgan fingerprint density at radius 2 is 2.00 bits per heavy atom. The second-order valence-corrected chi connectivity index (χ2v) is 5.22. The number of nitrogens with zero attached hydrogens (tertiary/aromatic N) is 4. The molecule has 1 aromatic heterocycles. The number of methoxy groups -OCH3 is 1. The first-order valence-electron chi connectivity index (χ1n) is 6.82. The van der Waals surface area contributed by atoms with Gasteiger partial charge < -0.3 is 9.64 Å². The van der Waals surface area contributed by atoms with Crippen LogP contribution >= 0.6 is 0 Å². The SMILES string of the molecule is COC(=O)c1cn(CC(=O)N2C(C)CCCC2C)nn1. The van der Waals surface area contributed by atoms with E-state index in [0.717, 1.165) is 19.3 Å². The van der Waals surface area contributed by atoms with Crippen molar-refractivity contribution >= 4 is 11.9 Å². The fraction of sp³-hybridized carbons (Fsp3) is 0.692. The molecule has 2 unspecified atom stereocenters. The lowest BCUT2D eigenvalue weighted by Crippen LogP contribution is -2.48. The molecule has 7 heteroatoms. The number of hydrogen-bond acceptors (Lipinski definition) is 5. The highest BCUT2D eigenvalue weighted by molar-refractivity contribution is 5.86. The summed E-state index contributed by atoms with van der Waals surface area (Å²) in [6.45, 7) is 4.22. The number of carbonyl (C=O) groups is 2. The number of aromatic nitrogens is 3. The van der Waals surface area contributed by atoms with Crippen LogP contribution in [-0.4, -0.2) is 51.0 Å². The van der Waals surface area contributed by atoms with Crippen molar-refractivity contribution in [2.75, 3.05) is 7.11 Å². The third-order valence-corrected chi connectivity index (χ3v) is 3.71. The van der Waals surface area contributed by atoms with Crippen molar-refractivity contribution in [1.29, 1.82) is 0 Å². The molecule has 0 spiro atoms. The zero-order valence-corrected chi connectivity index (χ0v) is 12.1. The molecule has 0 bridgehead atoms. The van der Waals surface area contributed by atoms with E-state index in [1.54, 1.807) is 0 Å². The molecule has 2 atom stereocenters. The molecule has 1 aromatic rings. The predicted molar refractivity (Wildman–Crippen MR) is 71.0 cm³/mol. The number of hydrogen-bond donors (Lipinski definition) is 0. The van der Waals surface area contributed by atoms with Gasteiger partial charge in [0.05, 0.1) is 13.3 Å². The van der Waals surface area contributed by atoms with E-state index in [4.69, 9.17) is 0 Å². The molecule has 2 heterocycles. The van der Waals surface area contributed by atoms with Gasteiger partial charge in [0.2, 0.25) is 5.91 Å². The summed E-state index contributed by atoms with van der Waals surface area (Å²) in [4.78, 5) is 25.5. The maximum Gasteiger partial charge on any atom is 0.360 e. The molecular weight excluding hydrogens is 260 g/mol. The van der Waals surface area contributed by atoms with Crippen LogP contribution in [0.15, 0.2) is 6.20 Å². The van der Waals surface area contributed by atoms with Gasteiger partial charge >= 0.3 is 5.97 Å². The molecule has 0 radical (unpaired) electrons. The average molecular weight is 280 g/mol. The summed E-state index contributed by atoms with van der Waals surface area (Å²) < 4.78 is 5.93. The van der Waals surface area contributed by atoms with E-state index in [1.807, 2.05) is 4.90 Å². The maximum absolute atomic E-state index is 12.4. The first-order chi connectivity index (χ1) is 9.52. The molecule has 0 aromatic carbocycles. The number of rotatable bonds is 3. The van der Waals surface area contributed by atoms with Crippen molar-refractivity contribution in [3.63, 3.8) is 0 Å². The van der Waals surface area contributed by atoms with E-state index in [9.17, 15) is 9.59 Å². The van der Waals surface area contributed by atoms with Gasteiger partial charge in [0.1, 0.15) is 6.54 Å². The monoisotopic (exact) mass is 280 g/mol. The molecule has 1 fully saturated rings. The van der Waals surface area contributed by atoms with E-state index < -0.39 is 5.97 Å². The standard InChI is InChI=1S/C13H20N4O3/c1-9-5-4-6-10(2)17(9)12(18)8-16-7-11(14-15-16)13(19)20-3/h7,9-10H,4-6,8H2,1-3H3. The van der Waals surface area contributed by atoms with Crippen LogP contribution < -0.4 is 0 Å². The van der Waals surface area contributed by atoms with Gasteiger partial charge in [-0.05, 0) is 33.1 Å². The number of amides is 1. The average Bonchev–Trinajstić information content (AvgIpc) is 2.86. The molecule has 2 rings (SSSR count). The van der Waals surface area contributed by atoms with Crippen LogP contribution in [-0.2, 0) is 16.1 Å². The summed E-state index contributed by atoms with van der Waals surface area (Å²) in [6.07, 6.45) is 4.65. The minimum absolute atomic E-state index is 0.00557. The molecule has 0 N–H and O–H groups in total. The first-order valence-corrected chi connectivity index (χ1v) is 6.82. The van der Waals surface area contributed by atoms with E-state index in [0.29, 0.717) is 0 Å². The minimum Gasteiger partial charge on any atom is -0.464 e. The van der Waals surface area contributed by atoms with E-state index >= 15 is 0 Å². The number of ether oxygens (including phenoxy) is 1. The molecule has 20 heavy (non-hydrogen) atoms. The fourth-order valence-electron chi connectivity index (χ4n) is 2.71. The van der Waals surface area contributed by atoms with Crippen LogP contribution in [0.1, 0.15) is 43.6 Å². The lowest BCUT2D eigenvalue weighted by Gasteiger charge is -2.39. The first kappa shape index (κ1) is 14.5. The lowest BCUT2D eigenvalue weighted by molar-refractivity contribution is -0.138. The van der Waals surface area contributed by atoms with Crippen molar-refractivity contribution in [3.8, 4) is 0 Å². The highest BCUT2D eigenvalue weighted by Gasteiger charge is 2.29. The third-order valence-electron chi connectivity index (χ3n) is 3.71. The Kier molecular flexibility index (Phi) is 4.36. The van der Waals surface area contributed by atoms with Crippen molar-refractivity contribution in [2.24, 2.45) is 0 Å². The maximum atomic E-state index is 12.4. The number of likely N-dealkylation sites (tertiary alicyclic amines) is 1. The molecule has 1 aliphatic heterocycles. The summed E-state index contributed by atoms with van der Waals surface area (Å²) in [5, 5.41) is 7.48. The van der Waals surface area contributed by atoms with Gasteiger partial charge in [-0.2, -0.15) is 0 Å². The van der Waals surface area contributed by atoms with Crippen LogP contribution in [0.3, 0.4) is 0 Å². The quantitative estimate of drug-likeness (QED) is 0.767. The Morgan fingerprint density at radius 1 is 1.35 bits per heavy atom. The van der Waals surface area contributed by atoms with Crippen molar-refractivity contribution in [2.45, 2.75) is 51.7 Å². The Hall–Kier alpha value is -1.92. The van der Waals surface area contributed by atoms with Crippen LogP contribution in [0, 0.1) is 0 Å². The number of piperidine rings is 1. The van der Waals surface area contributed by atoms with Crippen LogP contribution in [0.25, 0.3) is 0 Å². The summed E-state index contributed by atoms with van der Waals surface area (Å²) in [5.74, 6) is -0.547. The van der Waals surface area contributed by atoms with Crippen LogP contribution in [0.5, 0.6) is 0 Å². The Labute approximate surface area is 117 Å². The molecule has 0 saturated carbocycles. The zero-order chi connectivity index (χ0) is 14.7. The third kappa shape index (κ3) is 2.97. The second kappa shape index (κ2) is 6.02. The van der Waals surface area contributed by atoms with Crippen LogP contribution in [0.2, 0.25) is 0 Å². The topological polar surface area (TPSA) is 77.3 Å². The van der Waals surface area contributed by atoms with Gasteiger partial charge in [-0.15, -0.1) is 5.10 Å². The summed E-state index contributed by atoms with van der Waals surface area (Å²) in [6, 6.07) is 0.490. The fourth-order valence-corrected chi connectivity index (χ4v) is 2.71. The number of esters is 1. The molecule has 110 valence electrons. The lowest BCUT2D eigenvalue weighted by atomic mass is 9.97. The van der Waals surface area contributed by atoms with Crippen molar-refractivity contribution in [1.82, 2.24) is 19.9 Å². The number of carbonyl (C=O) groups excluding carboxylic acids is 2. The highest BCUT2D eigenvalue weighted by atomic mass is 16.5. The normalized spacial score (nSPS) is 22.6. The van der Waals surface area contributed by atoms with E-state index in [-0.39, 0.29) is 30.2 Å². The Balaban J connectivity index is 2.03. The summed E-state index contributed by atoms with van der Waals surface area (Å²) in [7, 11) is 1.28.